The van der Waals surface area contributed by atoms with Crippen LogP contribution in [0.3, 0.4) is 0 Å². The molecule has 2 heterocycles. The average molecular weight is 270 g/mol. The Kier molecular flexibility index (Phi) is 3.38. The van der Waals surface area contributed by atoms with E-state index in [4.69, 9.17) is 9.72 Å². The Morgan fingerprint density at radius 2 is 1.80 bits per heavy atom. The molecule has 3 nitrogen and oxygen atoms in total. The number of anilines is 1. The standard InChI is InChI=1S/C17H22N2O/c1-11-5-6-15-8-12(2)17(18-16(15)7-11)19-9-13(3)20-14(4)10-19/h5-8,13-14H,9-10H2,1-4H3. The summed E-state index contributed by atoms with van der Waals surface area (Å²) in [5.41, 5.74) is 3.57. The van der Waals surface area contributed by atoms with Gasteiger partial charge >= 0.3 is 0 Å². The van der Waals surface area contributed by atoms with Gasteiger partial charge in [0, 0.05) is 18.5 Å². The molecule has 2 atom stereocenters. The van der Waals surface area contributed by atoms with E-state index >= 15 is 0 Å². The fourth-order valence-electron chi connectivity index (χ4n) is 3.04. The Morgan fingerprint density at radius 1 is 1.10 bits per heavy atom. The highest BCUT2D eigenvalue weighted by Gasteiger charge is 2.24. The smallest absolute Gasteiger partial charge is 0.132 e. The summed E-state index contributed by atoms with van der Waals surface area (Å²) in [6, 6.07) is 8.69. The van der Waals surface area contributed by atoms with Gasteiger partial charge in [0.25, 0.3) is 0 Å². The topological polar surface area (TPSA) is 25.4 Å². The van der Waals surface area contributed by atoms with Crippen LogP contribution in [-0.2, 0) is 4.74 Å². The van der Waals surface area contributed by atoms with Gasteiger partial charge in [-0.05, 0) is 51.0 Å². The van der Waals surface area contributed by atoms with Crippen molar-refractivity contribution in [3.05, 3.63) is 35.4 Å². The van der Waals surface area contributed by atoms with Crippen molar-refractivity contribution in [3.8, 4) is 0 Å². The minimum atomic E-state index is 0.258. The molecule has 0 amide bonds. The van der Waals surface area contributed by atoms with Gasteiger partial charge in [-0.3, -0.25) is 0 Å². The van der Waals surface area contributed by atoms with Crippen molar-refractivity contribution in [2.45, 2.75) is 39.9 Å². The van der Waals surface area contributed by atoms with Crippen LogP contribution < -0.4 is 4.90 Å². The van der Waals surface area contributed by atoms with Crippen LogP contribution in [0.2, 0.25) is 0 Å². The second-order valence-corrected chi connectivity index (χ2v) is 5.99. The maximum absolute atomic E-state index is 5.81. The van der Waals surface area contributed by atoms with Gasteiger partial charge in [-0.1, -0.05) is 12.1 Å². The molecular weight excluding hydrogens is 248 g/mol. The highest BCUT2D eigenvalue weighted by molar-refractivity contribution is 5.82. The number of morpholine rings is 1. The van der Waals surface area contributed by atoms with Crippen LogP contribution in [0, 0.1) is 13.8 Å². The average Bonchev–Trinajstić information content (AvgIpc) is 2.37. The van der Waals surface area contributed by atoms with Crippen molar-refractivity contribution in [1.29, 1.82) is 0 Å². The Labute approximate surface area is 120 Å². The second kappa shape index (κ2) is 5.06. The van der Waals surface area contributed by atoms with E-state index in [2.05, 4.69) is 56.9 Å². The number of fused-ring (bicyclic) bond motifs is 1. The summed E-state index contributed by atoms with van der Waals surface area (Å²) in [7, 11) is 0. The lowest BCUT2D eigenvalue weighted by atomic mass is 10.1. The lowest BCUT2D eigenvalue weighted by molar-refractivity contribution is -0.00547. The van der Waals surface area contributed by atoms with Crippen molar-refractivity contribution in [2.24, 2.45) is 0 Å². The molecule has 0 saturated carbocycles. The van der Waals surface area contributed by atoms with Crippen LogP contribution in [0.1, 0.15) is 25.0 Å². The van der Waals surface area contributed by atoms with Crippen LogP contribution >= 0.6 is 0 Å². The van der Waals surface area contributed by atoms with Crippen molar-refractivity contribution in [1.82, 2.24) is 4.98 Å². The molecule has 2 aromatic rings. The summed E-state index contributed by atoms with van der Waals surface area (Å²) in [6.07, 6.45) is 0.515. The van der Waals surface area contributed by atoms with Crippen LogP contribution in [0.4, 0.5) is 5.82 Å². The van der Waals surface area contributed by atoms with E-state index in [9.17, 15) is 0 Å². The molecule has 3 rings (SSSR count). The number of aryl methyl sites for hydroxylation is 2. The third-order valence-electron chi connectivity index (χ3n) is 3.86. The van der Waals surface area contributed by atoms with Gasteiger partial charge in [0.15, 0.2) is 0 Å². The molecule has 106 valence electrons. The summed E-state index contributed by atoms with van der Waals surface area (Å²) in [6.45, 7) is 10.3. The van der Waals surface area contributed by atoms with E-state index in [1.54, 1.807) is 0 Å². The highest BCUT2D eigenvalue weighted by Crippen LogP contribution is 2.26. The Bertz CT molecular complexity index is 628. The van der Waals surface area contributed by atoms with Gasteiger partial charge < -0.3 is 9.64 Å². The zero-order valence-corrected chi connectivity index (χ0v) is 12.7. The molecule has 3 heteroatoms. The SMILES string of the molecule is Cc1ccc2cc(C)c(N3CC(C)OC(C)C3)nc2c1. The van der Waals surface area contributed by atoms with Crippen molar-refractivity contribution >= 4 is 16.7 Å². The van der Waals surface area contributed by atoms with Crippen LogP contribution in [0.5, 0.6) is 0 Å². The Morgan fingerprint density at radius 3 is 2.50 bits per heavy atom. The number of nitrogens with zero attached hydrogens (tertiary/aromatic N) is 2. The van der Waals surface area contributed by atoms with E-state index in [0.717, 1.165) is 24.4 Å². The fourth-order valence-corrected chi connectivity index (χ4v) is 3.04. The monoisotopic (exact) mass is 270 g/mol. The number of pyridine rings is 1. The van der Waals surface area contributed by atoms with Gasteiger partial charge in [-0.15, -0.1) is 0 Å². The van der Waals surface area contributed by atoms with Crippen LogP contribution in [-0.4, -0.2) is 30.3 Å². The molecule has 1 aromatic carbocycles. The number of hydrogen-bond donors (Lipinski definition) is 0. The first-order valence-corrected chi connectivity index (χ1v) is 7.31. The quantitative estimate of drug-likeness (QED) is 0.793. The Balaban J connectivity index is 2.04. The minimum Gasteiger partial charge on any atom is -0.372 e. The van der Waals surface area contributed by atoms with Gasteiger partial charge in [0.05, 0.1) is 17.7 Å². The van der Waals surface area contributed by atoms with E-state index < -0.39 is 0 Å². The third kappa shape index (κ3) is 2.50. The van der Waals surface area contributed by atoms with Gasteiger partial charge in [-0.25, -0.2) is 4.98 Å². The number of hydrogen-bond acceptors (Lipinski definition) is 3. The number of benzene rings is 1. The second-order valence-electron chi connectivity index (χ2n) is 5.99. The summed E-state index contributed by atoms with van der Waals surface area (Å²) in [4.78, 5) is 7.26. The predicted molar refractivity (Wildman–Crippen MR) is 83.4 cm³/mol. The molecule has 0 radical (unpaired) electrons. The van der Waals surface area contributed by atoms with E-state index in [-0.39, 0.29) is 12.2 Å². The normalized spacial score (nSPS) is 23.3. The first-order valence-electron chi connectivity index (χ1n) is 7.31. The number of aromatic nitrogens is 1. The van der Waals surface area contributed by atoms with Gasteiger partial charge in [0.1, 0.15) is 5.82 Å². The predicted octanol–water partition coefficient (Wildman–Crippen LogP) is 3.47. The molecule has 0 spiro atoms. The minimum absolute atomic E-state index is 0.258. The van der Waals surface area contributed by atoms with Gasteiger partial charge in [0.2, 0.25) is 0 Å². The molecule has 1 saturated heterocycles. The fraction of sp³-hybridized carbons (Fsp3) is 0.471. The van der Waals surface area contributed by atoms with Crippen LogP contribution in [0.15, 0.2) is 24.3 Å². The molecule has 1 fully saturated rings. The molecule has 1 aliphatic rings. The Hall–Kier alpha value is -1.61. The maximum Gasteiger partial charge on any atom is 0.132 e. The van der Waals surface area contributed by atoms with Crippen molar-refractivity contribution < 1.29 is 4.74 Å². The third-order valence-corrected chi connectivity index (χ3v) is 3.86. The lowest BCUT2D eigenvalue weighted by Gasteiger charge is -2.36. The van der Waals surface area contributed by atoms with E-state index in [1.165, 1.54) is 16.5 Å². The van der Waals surface area contributed by atoms with Crippen molar-refractivity contribution in [3.63, 3.8) is 0 Å². The largest absolute Gasteiger partial charge is 0.372 e. The zero-order valence-electron chi connectivity index (χ0n) is 12.7. The zero-order chi connectivity index (χ0) is 14.3. The van der Waals surface area contributed by atoms with E-state index in [0.29, 0.717) is 0 Å². The molecule has 0 aliphatic carbocycles. The van der Waals surface area contributed by atoms with Crippen LogP contribution in [0.25, 0.3) is 10.9 Å². The molecule has 20 heavy (non-hydrogen) atoms. The maximum atomic E-state index is 5.81. The molecule has 0 bridgehead atoms. The molecule has 2 unspecified atom stereocenters. The first kappa shape index (κ1) is 13.4. The summed E-state index contributed by atoms with van der Waals surface area (Å²) < 4.78 is 5.81. The molecular formula is C17H22N2O. The lowest BCUT2D eigenvalue weighted by Crippen LogP contribution is -2.46. The summed E-state index contributed by atoms with van der Waals surface area (Å²) in [5.74, 6) is 1.10. The van der Waals surface area contributed by atoms with E-state index in [1.807, 2.05) is 0 Å². The number of ether oxygens (including phenoxy) is 1. The molecule has 1 aromatic heterocycles. The summed E-state index contributed by atoms with van der Waals surface area (Å²) in [5, 5.41) is 1.21. The highest BCUT2D eigenvalue weighted by atomic mass is 16.5. The van der Waals surface area contributed by atoms with Gasteiger partial charge in [-0.2, -0.15) is 0 Å². The summed E-state index contributed by atoms with van der Waals surface area (Å²) >= 11 is 0. The molecule has 1 aliphatic heterocycles. The number of rotatable bonds is 1. The first-order chi connectivity index (χ1) is 9.52. The molecule has 0 N–H and O–H groups in total. The van der Waals surface area contributed by atoms with Crippen molar-refractivity contribution in [2.75, 3.05) is 18.0 Å².